The van der Waals surface area contributed by atoms with E-state index < -0.39 is 10.0 Å². The first-order chi connectivity index (χ1) is 13.6. The third kappa shape index (κ3) is 8.51. The zero-order valence-corrected chi connectivity index (χ0v) is 17.2. The molecule has 1 aromatic heterocycles. The number of aromatic nitrogens is 1. The predicted octanol–water partition coefficient (Wildman–Crippen LogP) is 0.358. The smallest absolute Gasteiger partial charge is 0.242 e. The van der Waals surface area contributed by atoms with Crippen molar-refractivity contribution in [2.75, 3.05) is 52.6 Å². The van der Waals surface area contributed by atoms with Gasteiger partial charge in [-0.05, 0) is 31.9 Å². The minimum absolute atomic E-state index is 0.153. The number of guanidine groups is 1. The Balaban J connectivity index is 1.62. The summed E-state index contributed by atoms with van der Waals surface area (Å²) in [5.41, 5.74) is 0. The first-order valence-electron chi connectivity index (χ1n) is 9.69. The zero-order valence-electron chi connectivity index (χ0n) is 16.4. The van der Waals surface area contributed by atoms with Crippen LogP contribution < -0.4 is 15.4 Å². The van der Waals surface area contributed by atoms with Crippen LogP contribution in [0, 0.1) is 5.92 Å². The van der Waals surface area contributed by atoms with Crippen molar-refractivity contribution in [3.63, 3.8) is 0 Å². The van der Waals surface area contributed by atoms with Crippen molar-refractivity contribution >= 4 is 16.0 Å². The van der Waals surface area contributed by atoms with Gasteiger partial charge in [-0.1, -0.05) is 0 Å². The van der Waals surface area contributed by atoms with E-state index >= 15 is 0 Å². The maximum atomic E-state index is 12.1. The van der Waals surface area contributed by atoms with Crippen molar-refractivity contribution in [1.29, 1.82) is 0 Å². The van der Waals surface area contributed by atoms with E-state index in [4.69, 9.17) is 9.47 Å². The highest BCUT2D eigenvalue weighted by Gasteiger charge is 2.15. The second-order valence-corrected chi connectivity index (χ2v) is 8.20. The van der Waals surface area contributed by atoms with Crippen molar-refractivity contribution in [3.8, 4) is 0 Å². The van der Waals surface area contributed by atoms with Gasteiger partial charge in [0.1, 0.15) is 4.90 Å². The summed E-state index contributed by atoms with van der Waals surface area (Å²) in [5, 5.41) is 6.26. The van der Waals surface area contributed by atoms with Crippen LogP contribution in [0.4, 0.5) is 0 Å². The number of aliphatic imine (C=N–C) groups is 1. The molecule has 1 aliphatic heterocycles. The molecule has 10 heteroatoms. The maximum Gasteiger partial charge on any atom is 0.242 e. The van der Waals surface area contributed by atoms with Gasteiger partial charge < -0.3 is 20.1 Å². The summed E-state index contributed by atoms with van der Waals surface area (Å²) >= 11 is 0. The molecule has 158 valence electrons. The molecule has 0 amide bonds. The number of nitrogens with zero attached hydrogens (tertiary/aromatic N) is 2. The number of hydrogen-bond acceptors (Lipinski definition) is 6. The molecule has 0 spiro atoms. The van der Waals surface area contributed by atoms with E-state index in [0.717, 1.165) is 39.2 Å². The van der Waals surface area contributed by atoms with E-state index in [1.807, 2.05) is 6.92 Å². The highest BCUT2D eigenvalue weighted by molar-refractivity contribution is 7.89. The van der Waals surface area contributed by atoms with Crippen molar-refractivity contribution < 1.29 is 17.9 Å². The molecule has 0 aliphatic carbocycles. The van der Waals surface area contributed by atoms with Gasteiger partial charge in [0.25, 0.3) is 0 Å². The molecule has 3 N–H and O–H groups in total. The fraction of sp³-hybridized carbons (Fsp3) is 0.667. The molecule has 0 saturated carbocycles. The number of rotatable bonds is 12. The Morgan fingerprint density at radius 3 is 3.00 bits per heavy atom. The standard InChI is InChI=1S/C18H31N5O4S/c1-2-20-18(21-8-4-11-26-14-16-6-12-27-15-16)22-9-10-23-28(24,25)17-5-3-7-19-13-17/h3,5,7,13,16,23H,2,4,6,8-12,14-15H2,1H3,(H2,20,21,22). The average molecular weight is 414 g/mol. The molecule has 0 aromatic carbocycles. The Bertz CT molecular complexity index is 678. The van der Waals surface area contributed by atoms with Gasteiger partial charge in [0.15, 0.2) is 5.96 Å². The third-order valence-electron chi connectivity index (χ3n) is 4.09. The molecule has 9 nitrogen and oxygen atoms in total. The molecular weight excluding hydrogens is 382 g/mol. The Hall–Kier alpha value is -1.75. The normalized spacial score (nSPS) is 17.6. The fourth-order valence-electron chi connectivity index (χ4n) is 2.62. The summed E-state index contributed by atoms with van der Waals surface area (Å²) in [6.45, 7) is 7.07. The molecule has 1 saturated heterocycles. The Morgan fingerprint density at radius 1 is 1.39 bits per heavy atom. The molecule has 1 atom stereocenters. The lowest BCUT2D eigenvalue weighted by Crippen LogP contribution is -2.41. The summed E-state index contributed by atoms with van der Waals surface area (Å²) in [6, 6.07) is 3.10. The van der Waals surface area contributed by atoms with Gasteiger partial charge in [-0.15, -0.1) is 0 Å². The second-order valence-electron chi connectivity index (χ2n) is 6.43. The van der Waals surface area contributed by atoms with Crippen molar-refractivity contribution in [2.45, 2.75) is 24.7 Å². The molecule has 1 aromatic rings. The maximum absolute atomic E-state index is 12.1. The monoisotopic (exact) mass is 413 g/mol. The van der Waals surface area contributed by atoms with Crippen LogP contribution in [0.1, 0.15) is 19.8 Å². The van der Waals surface area contributed by atoms with E-state index in [1.54, 1.807) is 6.07 Å². The molecule has 1 fully saturated rings. The molecule has 2 heterocycles. The second kappa shape index (κ2) is 12.7. The molecule has 0 bridgehead atoms. The summed E-state index contributed by atoms with van der Waals surface area (Å²) < 4.78 is 37.8. The van der Waals surface area contributed by atoms with Crippen LogP contribution in [0.15, 0.2) is 34.4 Å². The number of sulfonamides is 1. The van der Waals surface area contributed by atoms with Crippen LogP contribution in [0.5, 0.6) is 0 Å². The van der Waals surface area contributed by atoms with E-state index in [-0.39, 0.29) is 11.4 Å². The molecule has 0 radical (unpaired) electrons. The fourth-order valence-corrected chi connectivity index (χ4v) is 3.61. The van der Waals surface area contributed by atoms with Crippen LogP contribution in [0.25, 0.3) is 0 Å². The van der Waals surface area contributed by atoms with Gasteiger partial charge in [-0.25, -0.2) is 13.1 Å². The number of pyridine rings is 1. The van der Waals surface area contributed by atoms with Gasteiger partial charge >= 0.3 is 0 Å². The zero-order chi connectivity index (χ0) is 20.1. The van der Waals surface area contributed by atoms with Gasteiger partial charge in [0.05, 0.1) is 13.2 Å². The largest absolute Gasteiger partial charge is 0.381 e. The SMILES string of the molecule is CCNC(=NCCCOCC1CCOC1)NCCNS(=O)(=O)c1cccnc1. The van der Waals surface area contributed by atoms with Crippen molar-refractivity contribution in [1.82, 2.24) is 20.3 Å². The van der Waals surface area contributed by atoms with Crippen LogP contribution in [-0.4, -0.2) is 72.0 Å². The lowest BCUT2D eigenvalue weighted by atomic mass is 10.1. The highest BCUT2D eigenvalue weighted by atomic mass is 32.2. The number of ether oxygens (including phenoxy) is 2. The Labute approximate surface area is 167 Å². The summed E-state index contributed by atoms with van der Waals surface area (Å²) in [4.78, 5) is 8.46. The van der Waals surface area contributed by atoms with Gasteiger partial charge in [-0.2, -0.15) is 0 Å². The van der Waals surface area contributed by atoms with Crippen LogP contribution in [0.2, 0.25) is 0 Å². The number of hydrogen-bond donors (Lipinski definition) is 3. The highest BCUT2D eigenvalue weighted by Crippen LogP contribution is 2.12. The minimum Gasteiger partial charge on any atom is -0.381 e. The Morgan fingerprint density at radius 2 is 2.29 bits per heavy atom. The van der Waals surface area contributed by atoms with Crippen LogP contribution in [0.3, 0.4) is 0 Å². The van der Waals surface area contributed by atoms with Crippen LogP contribution >= 0.6 is 0 Å². The molecular formula is C18H31N5O4S. The van der Waals surface area contributed by atoms with Gasteiger partial charge in [0, 0.05) is 57.7 Å². The summed E-state index contributed by atoms with van der Waals surface area (Å²) in [5.74, 6) is 1.19. The molecule has 2 rings (SSSR count). The summed E-state index contributed by atoms with van der Waals surface area (Å²) in [6.07, 6.45) is 4.77. The predicted molar refractivity (Wildman–Crippen MR) is 108 cm³/mol. The first kappa shape index (κ1) is 22.5. The van der Waals surface area contributed by atoms with E-state index in [2.05, 4.69) is 25.3 Å². The van der Waals surface area contributed by atoms with E-state index in [9.17, 15) is 8.42 Å². The average Bonchev–Trinajstić information content (AvgIpc) is 3.22. The van der Waals surface area contributed by atoms with Crippen molar-refractivity contribution in [3.05, 3.63) is 24.5 Å². The molecule has 1 aliphatic rings. The Kier molecular flexibility index (Phi) is 10.2. The topological polar surface area (TPSA) is 114 Å². The quantitative estimate of drug-likeness (QED) is 0.257. The van der Waals surface area contributed by atoms with E-state index in [0.29, 0.717) is 31.6 Å². The van der Waals surface area contributed by atoms with Gasteiger partial charge in [-0.3, -0.25) is 9.98 Å². The van der Waals surface area contributed by atoms with Gasteiger partial charge in [0.2, 0.25) is 10.0 Å². The van der Waals surface area contributed by atoms with Crippen molar-refractivity contribution in [2.24, 2.45) is 10.9 Å². The lowest BCUT2D eigenvalue weighted by Gasteiger charge is -2.12. The van der Waals surface area contributed by atoms with E-state index in [1.165, 1.54) is 18.5 Å². The molecule has 1 unspecified atom stereocenters. The summed E-state index contributed by atoms with van der Waals surface area (Å²) in [7, 11) is -3.54. The van der Waals surface area contributed by atoms with Crippen LogP contribution in [-0.2, 0) is 19.5 Å². The first-order valence-corrected chi connectivity index (χ1v) is 11.2. The lowest BCUT2D eigenvalue weighted by molar-refractivity contribution is 0.0893. The third-order valence-corrected chi connectivity index (χ3v) is 5.54. The minimum atomic E-state index is -3.54. The molecule has 28 heavy (non-hydrogen) atoms. The number of nitrogens with one attached hydrogen (secondary N) is 3.